The average Bonchev–Trinajstić information content (AvgIpc) is 3.33. The van der Waals surface area contributed by atoms with Crippen molar-refractivity contribution in [1.82, 2.24) is 19.5 Å². The van der Waals surface area contributed by atoms with Crippen molar-refractivity contribution < 1.29 is 13.6 Å². The first kappa shape index (κ1) is 27.2. The van der Waals surface area contributed by atoms with Gasteiger partial charge >= 0.3 is 0 Å². The Labute approximate surface area is 241 Å². The Balaban J connectivity index is 1.31. The molecule has 2 fully saturated rings. The number of nitrogens with zero attached hydrogens (tertiary/aromatic N) is 5. The number of aromatic nitrogens is 4. The van der Waals surface area contributed by atoms with E-state index in [2.05, 4.69) is 37.6 Å². The van der Waals surface area contributed by atoms with Crippen LogP contribution in [0.25, 0.3) is 11.2 Å². The highest BCUT2D eigenvalue weighted by molar-refractivity contribution is 6.30. The smallest absolute Gasteiger partial charge is 0.225 e. The molecule has 214 valence electrons. The van der Waals surface area contributed by atoms with Gasteiger partial charge in [-0.05, 0) is 62.8 Å². The predicted molar refractivity (Wildman–Crippen MR) is 155 cm³/mol. The van der Waals surface area contributed by atoms with Gasteiger partial charge in [0.25, 0.3) is 0 Å². The van der Waals surface area contributed by atoms with Crippen LogP contribution in [0, 0.1) is 17.6 Å². The third kappa shape index (κ3) is 5.76. The van der Waals surface area contributed by atoms with Gasteiger partial charge in [-0.1, -0.05) is 29.8 Å². The molecule has 1 amide bonds. The van der Waals surface area contributed by atoms with Crippen molar-refractivity contribution >= 4 is 51.9 Å². The first-order valence-corrected chi connectivity index (χ1v) is 14.3. The fraction of sp³-hybridized carbons (Fsp3) is 0.379. The predicted octanol–water partition coefficient (Wildman–Crippen LogP) is 5.80. The third-order valence-electron chi connectivity index (χ3n) is 8.02. The second-order valence-electron chi connectivity index (χ2n) is 10.8. The highest BCUT2D eigenvalue weighted by atomic mass is 35.5. The van der Waals surface area contributed by atoms with Crippen LogP contribution in [0.2, 0.25) is 5.02 Å². The second kappa shape index (κ2) is 11.5. The summed E-state index contributed by atoms with van der Waals surface area (Å²) >= 11 is 5.83. The van der Waals surface area contributed by atoms with E-state index in [4.69, 9.17) is 22.3 Å². The van der Waals surface area contributed by atoms with E-state index in [9.17, 15) is 13.6 Å². The summed E-state index contributed by atoms with van der Waals surface area (Å²) in [5.74, 6) is -1.48. The van der Waals surface area contributed by atoms with E-state index >= 15 is 0 Å². The molecule has 0 radical (unpaired) electrons. The number of amides is 1. The number of para-hydroxylation sites is 1. The number of hydrogen-bond donors (Lipinski definition) is 3. The van der Waals surface area contributed by atoms with Gasteiger partial charge in [-0.15, -0.1) is 0 Å². The van der Waals surface area contributed by atoms with Gasteiger partial charge in [0.15, 0.2) is 17.3 Å². The molecule has 0 unspecified atom stereocenters. The van der Waals surface area contributed by atoms with Crippen LogP contribution in [0.1, 0.15) is 44.6 Å². The van der Waals surface area contributed by atoms with E-state index in [0.717, 1.165) is 38.1 Å². The minimum absolute atomic E-state index is 0.0426. The summed E-state index contributed by atoms with van der Waals surface area (Å²) < 4.78 is 31.3. The van der Waals surface area contributed by atoms with Crippen LogP contribution >= 0.6 is 11.6 Å². The maximum absolute atomic E-state index is 14.7. The van der Waals surface area contributed by atoms with Crippen molar-refractivity contribution in [2.75, 3.05) is 28.6 Å². The number of halogens is 3. The molecule has 9 nitrogen and oxygen atoms in total. The van der Waals surface area contributed by atoms with Crippen LogP contribution < -0.4 is 21.3 Å². The van der Waals surface area contributed by atoms with Gasteiger partial charge in [-0.25, -0.2) is 18.7 Å². The summed E-state index contributed by atoms with van der Waals surface area (Å²) in [6.07, 6.45) is 6.12. The summed E-state index contributed by atoms with van der Waals surface area (Å²) in [5, 5.41) is 6.28. The number of piperidine rings is 1. The fourth-order valence-corrected chi connectivity index (χ4v) is 6.13. The second-order valence-corrected chi connectivity index (χ2v) is 11.2. The van der Waals surface area contributed by atoms with Gasteiger partial charge in [0.1, 0.15) is 11.2 Å². The summed E-state index contributed by atoms with van der Waals surface area (Å²) in [6.45, 7) is 1.79. The van der Waals surface area contributed by atoms with Crippen molar-refractivity contribution in [3.8, 4) is 0 Å². The number of carbonyl (C=O) groups is 1. The number of nitrogens with one attached hydrogen (secondary N) is 2. The number of nitrogens with two attached hydrogens (primary N) is 1. The van der Waals surface area contributed by atoms with Crippen LogP contribution in [0.3, 0.4) is 0 Å². The molecular weight excluding hydrogens is 550 g/mol. The normalized spacial score (nSPS) is 21.1. The van der Waals surface area contributed by atoms with Crippen molar-refractivity contribution in [1.29, 1.82) is 0 Å². The van der Waals surface area contributed by atoms with Crippen molar-refractivity contribution in [2.45, 2.75) is 50.6 Å². The molecule has 4 aromatic rings. The van der Waals surface area contributed by atoms with Crippen LogP contribution in [0.5, 0.6) is 0 Å². The monoisotopic (exact) mass is 580 g/mol. The topological polar surface area (TPSA) is 114 Å². The molecular formula is C29H31ClF2N8O. The number of imidazole rings is 1. The maximum atomic E-state index is 14.7. The van der Waals surface area contributed by atoms with Crippen molar-refractivity contribution in [3.63, 3.8) is 0 Å². The SMILES string of the molecule is NC(=O)[C@H]1CC[C@H](n2c(Nc3c(F)cc(Cl)cc3F)nc3cnc(N[C@@H]4CCCN(c5ccccc5)C4)nc32)CC1. The Morgan fingerprint density at radius 1 is 1.02 bits per heavy atom. The molecule has 2 aromatic carbocycles. The van der Waals surface area contributed by atoms with Gasteiger partial charge in [0.2, 0.25) is 17.8 Å². The third-order valence-corrected chi connectivity index (χ3v) is 8.23. The fourth-order valence-electron chi connectivity index (χ4n) is 5.94. The summed E-state index contributed by atoms with van der Waals surface area (Å²) in [6, 6.07) is 12.4. The van der Waals surface area contributed by atoms with Gasteiger partial charge in [0.05, 0.1) is 6.20 Å². The standard InChI is InChI=1S/C29H31ClF2N8O/c30-18-13-22(31)25(23(32)14-18)37-29-36-24-15-34-28(35-19-5-4-12-39(16-19)20-6-2-1-3-7-20)38-27(24)40(29)21-10-8-17(9-11-21)26(33)41/h1-3,6-7,13-15,17,19,21H,4-5,8-12,16H2,(H2,33,41)(H,36,37)(H,34,35,38)/t17-,19-,21-/m1/s1. The molecule has 12 heteroatoms. The van der Waals surface area contributed by atoms with E-state index in [1.807, 2.05) is 22.8 Å². The van der Waals surface area contributed by atoms with E-state index < -0.39 is 11.6 Å². The summed E-state index contributed by atoms with van der Waals surface area (Å²) in [5.41, 5.74) is 7.41. The maximum Gasteiger partial charge on any atom is 0.225 e. The molecule has 41 heavy (non-hydrogen) atoms. The number of benzene rings is 2. The number of anilines is 4. The van der Waals surface area contributed by atoms with Gasteiger partial charge in [-0.3, -0.25) is 9.36 Å². The molecule has 0 spiro atoms. The number of fused-ring (bicyclic) bond motifs is 1. The molecule has 1 saturated carbocycles. The Bertz CT molecular complexity index is 1530. The zero-order valence-corrected chi connectivity index (χ0v) is 23.1. The number of rotatable bonds is 7. The highest BCUT2D eigenvalue weighted by Gasteiger charge is 2.30. The molecule has 1 atom stereocenters. The molecule has 4 N–H and O–H groups in total. The van der Waals surface area contributed by atoms with Crippen LogP contribution in [-0.4, -0.2) is 44.6 Å². The molecule has 3 heterocycles. The van der Waals surface area contributed by atoms with Gasteiger partial charge < -0.3 is 21.3 Å². The number of primary amides is 1. The first-order valence-electron chi connectivity index (χ1n) is 13.9. The molecule has 6 rings (SSSR count). The number of hydrogen-bond acceptors (Lipinski definition) is 7. The van der Waals surface area contributed by atoms with E-state index in [1.165, 1.54) is 5.69 Å². The molecule has 1 saturated heterocycles. The molecule has 2 aromatic heterocycles. The zero-order chi connectivity index (χ0) is 28.5. The van der Waals surface area contributed by atoms with Crippen LogP contribution in [0.15, 0.2) is 48.7 Å². The Hall–Kier alpha value is -3.99. The molecule has 1 aliphatic carbocycles. The summed E-state index contributed by atoms with van der Waals surface area (Å²) in [7, 11) is 0. The highest BCUT2D eigenvalue weighted by Crippen LogP contribution is 2.38. The molecule has 2 aliphatic rings. The zero-order valence-electron chi connectivity index (χ0n) is 22.4. The van der Waals surface area contributed by atoms with Crippen molar-refractivity contribution in [3.05, 3.63) is 65.3 Å². The lowest BCUT2D eigenvalue weighted by Crippen LogP contribution is -2.42. The van der Waals surface area contributed by atoms with Gasteiger partial charge in [0, 0.05) is 41.8 Å². The minimum atomic E-state index is -0.834. The Morgan fingerprint density at radius 3 is 2.46 bits per heavy atom. The van der Waals surface area contributed by atoms with E-state index in [1.54, 1.807) is 6.20 Å². The van der Waals surface area contributed by atoms with E-state index in [-0.39, 0.29) is 40.6 Å². The lowest BCUT2D eigenvalue weighted by molar-refractivity contribution is -0.122. The average molecular weight is 581 g/mol. The van der Waals surface area contributed by atoms with Gasteiger partial charge in [-0.2, -0.15) is 4.98 Å². The Kier molecular flexibility index (Phi) is 7.61. The number of carbonyl (C=O) groups excluding carboxylic acids is 1. The van der Waals surface area contributed by atoms with Crippen LogP contribution in [0.4, 0.5) is 32.1 Å². The lowest BCUT2D eigenvalue weighted by Gasteiger charge is -2.34. The van der Waals surface area contributed by atoms with Crippen molar-refractivity contribution in [2.24, 2.45) is 11.7 Å². The summed E-state index contributed by atoms with van der Waals surface area (Å²) in [4.78, 5) is 28.1. The Morgan fingerprint density at radius 2 is 1.76 bits per heavy atom. The quantitative estimate of drug-likeness (QED) is 0.253. The lowest BCUT2D eigenvalue weighted by atomic mass is 9.85. The molecule has 0 bridgehead atoms. The minimum Gasteiger partial charge on any atom is -0.369 e. The van der Waals surface area contributed by atoms with E-state index in [0.29, 0.717) is 42.8 Å². The first-order chi connectivity index (χ1) is 19.9. The molecule has 1 aliphatic heterocycles. The largest absolute Gasteiger partial charge is 0.369 e. The van der Waals surface area contributed by atoms with Crippen LogP contribution in [-0.2, 0) is 4.79 Å².